The van der Waals surface area contributed by atoms with Crippen LogP contribution in [0.15, 0.2) is 18.2 Å². The van der Waals surface area contributed by atoms with Gasteiger partial charge in [-0.2, -0.15) is 13.2 Å². The van der Waals surface area contributed by atoms with Crippen LogP contribution in [0.25, 0.3) is 0 Å². The summed E-state index contributed by atoms with van der Waals surface area (Å²) in [7, 11) is 0. The summed E-state index contributed by atoms with van der Waals surface area (Å²) >= 11 is 0. The first-order chi connectivity index (χ1) is 8.80. The molecule has 1 aromatic carbocycles. The first-order valence-electron chi connectivity index (χ1n) is 6.27. The monoisotopic (exact) mass is 271 g/mol. The molecule has 1 aliphatic heterocycles. The van der Waals surface area contributed by atoms with Gasteiger partial charge in [0.05, 0.1) is 0 Å². The zero-order valence-corrected chi connectivity index (χ0v) is 10.9. The number of nitrogens with zero attached hydrogens (tertiary/aromatic N) is 1. The summed E-state index contributed by atoms with van der Waals surface area (Å²) in [4.78, 5) is 12.2. The summed E-state index contributed by atoms with van der Waals surface area (Å²) in [6.07, 6.45) is -4.30. The molecule has 0 fully saturated rings. The molecule has 2 nitrogen and oxygen atoms in total. The lowest BCUT2D eigenvalue weighted by atomic mass is 9.89. The molecule has 0 saturated carbocycles. The fraction of sp³-hybridized carbons (Fsp3) is 0.500. The van der Waals surface area contributed by atoms with E-state index >= 15 is 0 Å². The second-order valence-electron chi connectivity index (χ2n) is 5.11. The quantitative estimate of drug-likeness (QED) is 0.767. The number of hydrogen-bond acceptors (Lipinski definition) is 1. The van der Waals surface area contributed by atoms with E-state index < -0.39 is 12.1 Å². The minimum atomic E-state index is -4.79. The largest absolute Gasteiger partial charge is 0.471 e. The maximum atomic E-state index is 12.5. The average molecular weight is 271 g/mol. The molecule has 1 amide bonds. The van der Waals surface area contributed by atoms with Crippen molar-refractivity contribution in [2.75, 3.05) is 6.54 Å². The van der Waals surface area contributed by atoms with E-state index in [0.29, 0.717) is 6.42 Å². The van der Waals surface area contributed by atoms with Crippen molar-refractivity contribution in [2.24, 2.45) is 0 Å². The van der Waals surface area contributed by atoms with Crippen molar-refractivity contribution in [1.29, 1.82) is 0 Å². The summed E-state index contributed by atoms with van der Waals surface area (Å²) in [5, 5.41) is 0. The van der Waals surface area contributed by atoms with Gasteiger partial charge in [0.25, 0.3) is 0 Å². The predicted octanol–water partition coefficient (Wildman–Crippen LogP) is 3.26. The van der Waals surface area contributed by atoms with Gasteiger partial charge in [-0.1, -0.05) is 32.0 Å². The Morgan fingerprint density at radius 3 is 2.58 bits per heavy atom. The highest BCUT2D eigenvalue weighted by Gasteiger charge is 2.43. The number of rotatable bonds is 1. The van der Waals surface area contributed by atoms with E-state index in [1.165, 1.54) is 0 Å². The number of alkyl halides is 3. The van der Waals surface area contributed by atoms with Crippen molar-refractivity contribution < 1.29 is 18.0 Å². The van der Waals surface area contributed by atoms with Gasteiger partial charge < -0.3 is 4.90 Å². The Kier molecular flexibility index (Phi) is 3.56. The summed E-state index contributed by atoms with van der Waals surface area (Å²) < 4.78 is 37.4. The molecule has 104 valence electrons. The van der Waals surface area contributed by atoms with E-state index in [4.69, 9.17) is 0 Å². The molecule has 0 aromatic heterocycles. The Hall–Kier alpha value is -1.52. The number of amides is 1. The maximum Gasteiger partial charge on any atom is 0.471 e. The number of fused-ring (bicyclic) bond motifs is 1. The van der Waals surface area contributed by atoms with Gasteiger partial charge in [-0.15, -0.1) is 0 Å². The van der Waals surface area contributed by atoms with Gasteiger partial charge in [-0.05, 0) is 29.0 Å². The van der Waals surface area contributed by atoms with Crippen LogP contribution in [0, 0.1) is 0 Å². The highest BCUT2D eigenvalue weighted by atomic mass is 19.4. The minimum Gasteiger partial charge on any atom is -0.330 e. The number of carbonyl (C=O) groups excluding carboxylic acids is 1. The molecule has 1 aromatic rings. The molecule has 0 aliphatic carbocycles. The second kappa shape index (κ2) is 4.87. The normalized spacial score (nSPS) is 15.6. The van der Waals surface area contributed by atoms with Gasteiger partial charge in [0.1, 0.15) is 0 Å². The van der Waals surface area contributed by atoms with E-state index in [9.17, 15) is 18.0 Å². The molecule has 0 unspecified atom stereocenters. The zero-order chi connectivity index (χ0) is 14.2. The number of hydrogen-bond donors (Lipinski definition) is 0. The molecule has 0 N–H and O–H groups in total. The summed E-state index contributed by atoms with van der Waals surface area (Å²) in [5.74, 6) is -1.51. The first-order valence-corrected chi connectivity index (χ1v) is 6.27. The van der Waals surface area contributed by atoms with Crippen molar-refractivity contribution in [2.45, 2.75) is 38.9 Å². The number of carbonyl (C=O) groups is 1. The highest BCUT2D eigenvalue weighted by molar-refractivity contribution is 5.82. The van der Waals surface area contributed by atoms with Crippen LogP contribution in [-0.2, 0) is 17.8 Å². The average Bonchev–Trinajstić information content (AvgIpc) is 2.35. The lowest BCUT2D eigenvalue weighted by Gasteiger charge is -2.31. The van der Waals surface area contributed by atoms with Gasteiger partial charge in [-0.25, -0.2) is 0 Å². The van der Waals surface area contributed by atoms with Crippen LogP contribution < -0.4 is 0 Å². The molecule has 0 radical (unpaired) electrons. The predicted molar refractivity (Wildman–Crippen MR) is 65.7 cm³/mol. The summed E-state index contributed by atoms with van der Waals surface area (Å²) in [6, 6.07) is 5.77. The smallest absolute Gasteiger partial charge is 0.330 e. The third-order valence-corrected chi connectivity index (χ3v) is 3.46. The van der Waals surface area contributed by atoms with Crippen LogP contribution >= 0.6 is 0 Å². The fourth-order valence-corrected chi connectivity index (χ4v) is 2.50. The number of benzene rings is 1. The molecular weight excluding hydrogens is 255 g/mol. The first kappa shape index (κ1) is 13.9. The van der Waals surface area contributed by atoms with Gasteiger partial charge in [0.15, 0.2) is 0 Å². The SMILES string of the molecule is CC(C)c1cccc2c1CN(C(=O)C(F)(F)F)CC2. The molecule has 1 aliphatic rings. The van der Waals surface area contributed by atoms with Gasteiger partial charge in [-0.3, -0.25) is 4.79 Å². The van der Waals surface area contributed by atoms with E-state index in [1.54, 1.807) is 0 Å². The molecular formula is C14H16F3NO. The topological polar surface area (TPSA) is 20.3 Å². The van der Waals surface area contributed by atoms with Crippen LogP contribution in [-0.4, -0.2) is 23.5 Å². The Morgan fingerprint density at radius 2 is 2.00 bits per heavy atom. The van der Waals surface area contributed by atoms with Crippen molar-refractivity contribution in [3.05, 3.63) is 34.9 Å². The zero-order valence-electron chi connectivity index (χ0n) is 10.9. The van der Waals surface area contributed by atoms with Crippen LogP contribution in [0.2, 0.25) is 0 Å². The molecule has 0 bridgehead atoms. The fourth-order valence-electron chi connectivity index (χ4n) is 2.50. The van der Waals surface area contributed by atoms with E-state index in [-0.39, 0.29) is 19.0 Å². The third kappa shape index (κ3) is 2.74. The maximum absolute atomic E-state index is 12.5. The molecule has 2 rings (SSSR count). The van der Waals surface area contributed by atoms with Crippen molar-refractivity contribution in [1.82, 2.24) is 4.90 Å². The minimum absolute atomic E-state index is 0.0576. The van der Waals surface area contributed by atoms with E-state index in [2.05, 4.69) is 0 Å². The second-order valence-corrected chi connectivity index (χ2v) is 5.11. The standard InChI is InChI=1S/C14H16F3NO/c1-9(2)11-5-3-4-10-6-7-18(8-12(10)11)13(19)14(15,16)17/h3-5,9H,6-8H2,1-2H3. The Bertz CT molecular complexity index is 494. The van der Waals surface area contributed by atoms with Gasteiger partial charge in [0.2, 0.25) is 0 Å². The molecule has 0 atom stereocenters. The summed E-state index contributed by atoms with van der Waals surface area (Å²) in [6.45, 7) is 4.19. The molecule has 1 heterocycles. The molecule has 0 saturated heterocycles. The lowest BCUT2D eigenvalue weighted by molar-refractivity contribution is -0.186. The number of halogens is 3. The van der Waals surface area contributed by atoms with Crippen molar-refractivity contribution in [3.63, 3.8) is 0 Å². The van der Waals surface area contributed by atoms with Crippen molar-refractivity contribution in [3.8, 4) is 0 Å². The van der Waals surface area contributed by atoms with Gasteiger partial charge >= 0.3 is 12.1 Å². The van der Waals surface area contributed by atoms with Crippen LogP contribution in [0.1, 0.15) is 36.5 Å². The molecule has 0 spiro atoms. The van der Waals surface area contributed by atoms with E-state index in [1.807, 2.05) is 32.0 Å². The molecule has 19 heavy (non-hydrogen) atoms. The van der Waals surface area contributed by atoms with E-state index in [0.717, 1.165) is 21.6 Å². The van der Waals surface area contributed by atoms with Gasteiger partial charge in [0, 0.05) is 13.1 Å². The van der Waals surface area contributed by atoms with Crippen molar-refractivity contribution >= 4 is 5.91 Å². The van der Waals surface area contributed by atoms with Crippen LogP contribution in [0.3, 0.4) is 0 Å². The Morgan fingerprint density at radius 1 is 1.32 bits per heavy atom. The summed E-state index contributed by atoms with van der Waals surface area (Å²) in [5.41, 5.74) is 2.95. The van der Waals surface area contributed by atoms with Crippen LogP contribution in [0.5, 0.6) is 0 Å². The Balaban J connectivity index is 2.31. The van der Waals surface area contributed by atoms with Crippen LogP contribution in [0.4, 0.5) is 13.2 Å². The lowest BCUT2D eigenvalue weighted by Crippen LogP contribution is -2.44. The highest BCUT2D eigenvalue weighted by Crippen LogP contribution is 2.29. The molecule has 5 heteroatoms. The third-order valence-electron chi connectivity index (χ3n) is 3.46. The Labute approximate surface area is 110 Å².